The molecule has 3 aliphatic rings. The zero-order valence-electron chi connectivity index (χ0n) is 17.6. The van der Waals surface area contributed by atoms with Crippen molar-refractivity contribution in [3.05, 3.63) is 70.9 Å². The molecule has 0 radical (unpaired) electrons. The number of carbonyl (C=O) groups excluding carboxylic acids is 2. The van der Waals surface area contributed by atoms with Crippen molar-refractivity contribution in [2.75, 3.05) is 20.3 Å². The Kier molecular flexibility index (Phi) is 4.39. The van der Waals surface area contributed by atoms with Gasteiger partial charge in [0.25, 0.3) is 0 Å². The molecule has 166 valence electrons. The lowest BCUT2D eigenvalue weighted by molar-refractivity contribution is -0.135. The molecule has 0 saturated carbocycles. The monoisotopic (exact) mass is 446 g/mol. The molecule has 3 aliphatic heterocycles. The molecule has 0 N–H and O–H groups in total. The molecule has 0 saturated heterocycles. The van der Waals surface area contributed by atoms with Gasteiger partial charge in [-0.1, -0.05) is 0 Å². The van der Waals surface area contributed by atoms with Crippen LogP contribution < -0.4 is 23.7 Å². The normalized spacial score (nSPS) is 19.5. The topological polar surface area (TPSA) is 93.4 Å². The fourth-order valence-electron chi connectivity index (χ4n) is 4.39. The van der Waals surface area contributed by atoms with Crippen LogP contribution in [0.1, 0.15) is 39.6 Å². The van der Waals surface area contributed by atoms with E-state index in [-0.39, 0.29) is 23.9 Å². The second-order valence-corrected chi connectivity index (χ2v) is 7.79. The molecule has 33 heavy (non-hydrogen) atoms. The summed E-state index contributed by atoms with van der Waals surface area (Å²) in [5, 5.41) is 0. The van der Waals surface area contributed by atoms with Crippen LogP contribution in [0.2, 0.25) is 0 Å². The highest BCUT2D eigenvalue weighted by Gasteiger charge is 2.39. The van der Waals surface area contributed by atoms with Crippen LogP contribution in [-0.4, -0.2) is 32.1 Å². The second-order valence-electron chi connectivity index (χ2n) is 7.79. The Morgan fingerprint density at radius 2 is 1.88 bits per heavy atom. The van der Waals surface area contributed by atoms with Crippen molar-refractivity contribution < 1.29 is 37.7 Å². The third-order valence-electron chi connectivity index (χ3n) is 5.85. The predicted octanol–water partition coefficient (Wildman–Crippen LogP) is 4.12. The number of esters is 1. The minimum Gasteiger partial charge on any atom is -0.493 e. The number of hydrogen-bond acceptors (Lipinski definition) is 8. The maximum absolute atomic E-state index is 13.0. The van der Waals surface area contributed by atoms with Gasteiger partial charge in [0.15, 0.2) is 17.3 Å². The molecule has 1 aromatic heterocycles. The van der Waals surface area contributed by atoms with E-state index in [1.807, 2.05) is 12.1 Å². The molecule has 1 unspecified atom stereocenters. The first-order chi connectivity index (χ1) is 16.1. The highest BCUT2D eigenvalue weighted by Crippen LogP contribution is 2.51. The Morgan fingerprint density at radius 1 is 1.00 bits per heavy atom. The summed E-state index contributed by atoms with van der Waals surface area (Å²) in [6.07, 6.45) is 3.14. The van der Waals surface area contributed by atoms with Gasteiger partial charge in [-0.05, 0) is 42.0 Å². The van der Waals surface area contributed by atoms with E-state index in [2.05, 4.69) is 0 Å². The molecule has 6 rings (SSSR count). The molecular weight excluding hydrogens is 428 g/mol. The molecule has 0 spiro atoms. The van der Waals surface area contributed by atoms with Crippen LogP contribution in [0.3, 0.4) is 0 Å². The molecular formula is C25H18O8. The fourth-order valence-corrected chi connectivity index (χ4v) is 4.39. The maximum atomic E-state index is 13.0. The van der Waals surface area contributed by atoms with Gasteiger partial charge in [-0.25, -0.2) is 0 Å². The number of carbonyl (C=O) groups is 2. The Balaban J connectivity index is 1.49. The van der Waals surface area contributed by atoms with Crippen molar-refractivity contribution >= 4 is 17.8 Å². The summed E-state index contributed by atoms with van der Waals surface area (Å²) in [6.45, 7) is 0.840. The van der Waals surface area contributed by atoms with Gasteiger partial charge in [0.05, 0.1) is 25.4 Å². The average molecular weight is 446 g/mol. The summed E-state index contributed by atoms with van der Waals surface area (Å²) < 4.78 is 33.8. The lowest BCUT2D eigenvalue weighted by Gasteiger charge is -2.28. The number of allylic oxidation sites excluding steroid dienone is 1. The fraction of sp³-hybridized carbons (Fsp3) is 0.200. The number of hydrogen-bond donors (Lipinski definition) is 0. The molecule has 0 aliphatic carbocycles. The Hall–Kier alpha value is -4.20. The standard InChI is InChI=1S/C25H18O8/c1-28-19-9-13(10-20-25(19)31-8-7-30-20)16-12-21(26)32-17-5-4-15-23(27)18(33-24(15)22(16)17)11-14-3-2-6-29-14/h2-6,9-11,16H,7-8,12H2,1H3/b18-11-. The van der Waals surface area contributed by atoms with Crippen LogP contribution >= 0.6 is 0 Å². The summed E-state index contributed by atoms with van der Waals surface area (Å²) in [5.41, 5.74) is 1.79. The summed E-state index contributed by atoms with van der Waals surface area (Å²) in [4.78, 5) is 25.5. The van der Waals surface area contributed by atoms with E-state index in [0.29, 0.717) is 58.8 Å². The van der Waals surface area contributed by atoms with Gasteiger partial charge in [-0.15, -0.1) is 0 Å². The van der Waals surface area contributed by atoms with E-state index in [1.54, 1.807) is 37.5 Å². The second kappa shape index (κ2) is 7.44. The first-order valence-electron chi connectivity index (χ1n) is 10.4. The highest BCUT2D eigenvalue weighted by molar-refractivity contribution is 6.15. The SMILES string of the molecule is COc1cc(C2CC(=O)Oc3ccc4c(c32)O/C(=C\c2ccco2)C4=O)cc2c1OCCO2. The zero-order valence-corrected chi connectivity index (χ0v) is 17.6. The largest absolute Gasteiger partial charge is 0.493 e. The van der Waals surface area contributed by atoms with E-state index in [1.165, 1.54) is 6.26 Å². The molecule has 1 atom stereocenters. The van der Waals surface area contributed by atoms with Gasteiger partial charge >= 0.3 is 5.97 Å². The van der Waals surface area contributed by atoms with E-state index >= 15 is 0 Å². The van der Waals surface area contributed by atoms with E-state index < -0.39 is 5.92 Å². The van der Waals surface area contributed by atoms with Crippen molar-refractivity contribution in [2.45, 2.75) is 12.3 Å². The van der Waals surface area contributed by atoms with Gasteiger partial charge in [-0.3, -0.25) is 9.59 Å². The molecule has 0 amide bonds. The molecule has 4 heterocycles. The minimum absolute atomic E-state index is 0.0705. The van der Waals surface area contributed by atoms with Gasteiger partial charge in [0.1, 0.15) is 30.5 Å². The Labute approximate surface area is 188 Å². The van der Waals surface area contributed by atoms with Gasteiger partial charge in [-0.2, -0.15) is 0 Å². The first kappa shape index (κ1) is 19.5. The molecule has 0 bridgehead atoms. The van der Waals surface area contributed by atoms with Crippen LogP contribution in [0.15, 0.2) is 52.8 Å². The number of benzene rings is 2. The van der Waals surface area contributed by atoms with Crippen LogP contribution in [0.25, 0.3) is 6.08 Å². The zero-order chi connectivity index (χ0) is 22.5. The van der Waals surface area contributed by atoms with Crippen molar-refractivity contribution in [3.8, 4) is 28.7 Å². The van der Waals surface area contributed by atoms with E-state index in [9.17, 15) is 9.59 Å². The van der Waals surface area contributed by atoms with Crippen molar-refractivity contribution in [3.63, 3.8) is 0 Å². The molecule has 0 fully saturated rings. The van der Waals surface area contributed by atoms with Gasteiger partial charge in [0, 0.05) is 17.6 Å². The Bertz CT molecular complexity index is 1300. The quantitative estimate of drug-likeness (QED) is 0.337. The number of ketones is 1. The molecule has 8 heteroatoms. The summed E-state index contributed by atoms with van der Waals surface area (Å²) >= 11 is 0. The van der Waals surface area contributed by atoms with Crippen LogP contribution in [0.5, 0.6) is 28.7 Å². The van der Waals surface area contributed by atoms with E-state index in [4.69, 9.17) is 28.1 Å². The van der Waals surface area contributed by atoms with Crippen LogP contribution in [0, 0.1) is 0 Å². The van der Waals surface area contributed by atoms with Crippen LogP contribution in [0.4, 0.5) is 0 Å². The van der Waals surface area contributed by atoms with E-state index in [0.717, 1.165) is 5.56 Å². The molecule has 2 aromatic carbocycles. The van der Waals surface area contributed by atoms with Gasteiger partial charge in [0.2, 0.25) is 11.5 Å². The Morgan fingerprint density at radius 3 is 2.70 bits per heavy atom. The molecule has 3 aromatic rings. The first-order valence-corrected chi connectivity index (χ1v) is 10.4. The summed E-state index contributed by atoms with van der Waals surface area (Å²) in [5.74, 6) is 1.87. The lowest BCUT2D eigenvalue weighted by Crippen LogP contribution is -2.22. The molecule has 8 nitrogen and oxygen atoms in total. The summed E-state index contributed by atoms with van der Waals surface area (Å²) in [7, 11) is 1.55. The third-order valence-corrected chi connectivity index (χ3v) is 5.85. The smallest absolute Gasteiger partial charge is 0.312 e. The van der Waals surface area contributed by atoms with Crippen molar-refractivity contribution in [1.82, 2.24) is 0 Å². The number of fused-ring (bicyclic) bond motifs is 4. The number of furan rings is 1. The van der Waals surface area contributed by atoms with Gasteiger partial charge < -0.3 is 28.1 Å². The number of methoxy groups -OCH3 is 1. The maximum Gasteiger partial charge on any atom is 0.312 e. The van der Waals surface area contributed by atoms with Crippen molar-refractivity contribution in [2.24, 2.45) is 0 Å². The minimum atomic E-state index is -0.434. The average Bonchev–Trinajstić information content (AvgIpc) is 3.45. The lowest BCUT2D eigenvalue weighted by atomic mass is 9.84. The van der Waals surface area contributed by atoms with Crippen molar-refractivity contribution in [1.29, 1.82) is 0 Å². The predicted molar refractivity (Wildman–Crippen MR) is 114 cm³/mol. The van der Waals surface area contributed by atoms with Crippen LogP contribution in [-0.2, 0) is 4.79 Å². The number of ether oxygens (including phenoxy) is 5. The third kappa shape index (κ3) is 3.14. The summed E-state index contributed by atoms with van der Waals surface area (Å²) in [6, 6.07) is 10.3. The highest BCUT2D eigenvalue weighted by atomic mass is 16.6. The number of rotatable bonds is 3. The number of Topliss-reactive ketones (excluding diaryl/α,β-unsaturated/α-hetero) is 1.